The third kappa shape index (κ3) is 3.90. The number of amides is 1. The van der Waals surface area contributed by atoms with Gasteiger partial charge in [-0.05, 0) is 49.9 Å². The van der Waals surface area contributed by atoms with Gasteiger partial charge in [0.1, 0.15) is 5.82 Å². The van der Waals surface area contributed by atoms with Crippen molar-refractivity contribution >= 4 is 5.91 Å². The van der Waals surface area contributed by atoms with Crippen LogP contribution in [0.15, 0.2) is 0 Å². The predicted octanol–water partition coefficient (Wildman–Crippen LogP) is 4.10. The minimum Gasteiger partial charge on any atom is -0.349 e. The van der Waals surface area contributed by atoms with Gasteiger partial charge < -0.3 is 9.88 Å². The third-order valence-corrected chi connectivity index (χ3v) is 6.42. The van der Waals surface area contributed by atoms with Crippen LogP contribution >= 0.6 is 0 Å². The van der Waals surface area contributed by atoms with Crippen molar-refractivity contribution in [2.45, 2.75) is 96.6 Å². The van der Waals surface area contributed by atoms with E-state index in [0.29, 0.717) is 30.8 Å². The second-order valence-electron chi connectivity index (χ2n) is 9.13. The maximum atomic E-state index is 12.6. The number of aromatic nitrogens is 3. The summed E-state index contributed by atoms with van der Waals surface area (Å²) < 4.78 is 2.32. The van der Waals surface area contributed by atoms with Crippen LogP contribution in [-0.2, 0) is 11.3 Å². The summed E-state index contributed by atoms with van der Waals surface area (Å²) in [5, 5.41) is 11.9. The van der Waals surface area contributed by atoms with Crippen molar-refractivity contribution in [1.29, 1.82) is 0 Å². The maximum absolute atomic E-state index is 12.6. The fourth-order valence-electron chi connectivity index (χ4n) is 4.49. The van der Waals surface area contributed by atoms with Gasteiger partial charge in [-0.3, -0.25) is 4.79 Å². The van der Waals surface area contributed by atoms with Crippen LogP contribution in [0, 0.1) is 11.3 Å². The first-order valence-corrected chi connectivity index (χ1v) is 10.2. The van der Waals surface area contributed by atoms with Crippen molar-refractivity contribution in [3.8, 4) is 0 Å². The molecule has 0 unspecified atom stereocenters. The minimum atomic E-state index is 0.0911. The summed E-state index contributed by atoms with van der Waals surface area (Å²) in [5.41, 5.74) is 0.0911. The molecule has 3 saturated carbocycles. The number of hydrogen-bond acceptors (Lipinski definition) is 3. The molecule has 1 aromatic rings. The zero-order valence-corrected chi connectivity index (χ0v) is 15.8. The van der Waals surface area contributed by atoms with E-state index in [1.54, 1.807) is 0 Å². The average Bonchev–Trinajstić information content (AvgIpc) is 3.52. The summed E-state index contributed by atoms with van der Waals surface area (Å²) in [6.07, 6.45) is 12.1. The standard InChI is InChI=1S/C20H32N4O/c1-20(2,15-6-4-3-5-7-15)12-18(25)21-13-17-22-23-19(14-8-9-14)24(17)16-10-11-16/h14-16H,3-13H2,1-2H3,(H,21,25). The van der Waals surface area contributed by atoms with Gasteiger partial charge in [0, 0.05) is 18.4 Å². The van der Waals surface area contributed by atoms with Crippen molar-refractivity contribution in [3.63, 3.8) is 0 Å². The molecule has 0 spiro atoms. The van der Waals surface area contributed by atoms with E-state index in [9.17, 15) is 4.79 Å². The van der Waals surface area contributed by atoms with Crippen molar-refractivity contribution in [2.24, 2.45) is 11.3 Å². The molecule has 25 heavy (non-hydrogen) atoms. The molecule has 0 bridgehead atoms. The quantitative estimate of drug-likeness (QED) is 0.810. The first-order chi connectivity index (χ1) is 12.0. The van der Waals surface area contributed by atoms with Gasteiger partial charge in [0.15, 0.2) is 5.82 Å². The fraction of sp³-hybridized carbons (Fsp3) is 0.850. The Labute approximate surface area is 151 Å². The molecule has 0 radical (unpaired) electrons. The van der Waals surface area contributed by atoms with E-state index in [1.165, 1.54) is 57.8 Å². The summed E-state index contributed by atoms with van der Waals surface area (Å²) in [4.78, 5) is 12.6. The summed E-state index contributed by atoms with van der Waals surface area (Å²) in [6, 6.07) is 0.580. The van der Waals surface area contributed by atoms with Crippen LogP contribution in [-0.4, -0.2) is 20.7 Å². The van der Waals surface area contributed by atoms with E-state index in [-0.39, 0.29) is 11.3 Å². The van der Waals surface area contributed by atoms with Crippen molar-refractivity contribution < 1.29 is 4.79 Å². The van der Waals surface area contributed by atoms with Crippen LogP contribution in [0.1, 0.15) is 102 Å². The Morgan fingerprint density at radius 3 is 2.44 bits per heavy atom. The number of carbonyl (C=O) groups is 1. The monoisotopic (exact) mass is 344 g/mol. The average molecular weight is 345 g/mol. The normalized spacial score (nSPS) is 22.2. The molecule has 0 aromatic carbocycles. The molecule has 5 nitrogen and oxygen atoms in total. The van der Waals surface area contributed by atoms with Crippen molar-refractivity contribution in [3.05, 3.63) is 11.6 Å². The van der Waals surface area contributed by atoms with Crippen LogP contribution in [0.3, 0.4) is 0 Å². The van der Waals surface area contributed by atoms with E-state index < -0.39 is 0 Å². The number of nitrogens with one attached hydrogen (secondary N) is 1. The molecule has 3 fully saturated rings. The SMILES string of the molecule is CC(C)(CC(=O)NCc1nnc(C2CC2)n1C1CC1)C1CCCCC1. The van der Waals surface area contributed by atoms with Gasteiger partial charge in [-0.25, -0.2) is 0 Å². The highest BCUT2D eigenvalue weighted by Crippen LogP contribution is 2.44. The molecular weight excluding hydrogens is 312 g/mol. The van der Waals surface area contributed by atoms with Gasteiger partial charge in [0.2, 0.25) is 5.91 Å². The second kappa shape index (κ2) is 6.73. The summed E-state index contributed by atoms with van der Waals surface area (Å²) >= 11 is 0. The molecule has 0 aliphatic heterocycles. The molecule has 5 heteroatoms. The topological polar surface area (TPSA) is 59.8 Å². The van der Waals surface area contributed by atoms with Gasteiger partial charge in [0.05, 0.1) is 6.54 Å². The highest BCUT2D eigenvalue weighted by molar-refractivity contribution is 5.76. The summed E-state index contributed by atoms with van der Waals surface area (Å²) in [7, 11) is 0. The van der Waals surface area contributed by atoms with Crippen molar-refractivity contribution in [1.82, 2.24) is 20.1 Å². The van der Waals surface area contributed by atoms with Gasteiger partial charge in [-0.1, -0.05) is 33.1 Å². The lowest BCUT2D eigenvalue weighted by molar-refractivity contribution is -0.124. The van der Waals surface area contributed by atoms with Crippen LogP contribution in [0.25, 0.3) is 0 Å². The molecule has 1 aromatic heterocycles. The molecule has 1 amide bonds. The highest BCUT2D eigenvalue weighted by atomic mass is 16.1. The van der Waals surface area contributed by atoms with Gasteiger partial charge in [-0.15, -0.1) is 10.2 Å². The Hall–Kier alpha value is -1.39. The van der Waals surface area contributed by atoms with E-state index in [0.717, 1.165) is 11.6 Å². The van der Waals surface area contributed by atoms with Gasteiger partial charge in [-0.2, -0.15) is 0 Å². The number of rotatable bonds is 7. The van der Waals surface area contributed by atoms with Crippen LogP contribution in [0.5, 0.6) is 0 Å². The van der Waals surface area contributed by atoms with E-state index in [2.05, 4.69) is 33.9 Å². The molecule has 3 aliphatic carbocycles. The minimum absolute atomic E-state index is 0.0911. The molecule has 1 N–H and O–H groups in total. The van der Waals surface area contributed by atoms with E-state index >= 15 is 0 Å². The Bertz CT molecular complexity index is 622. The van der Waals surface area contributed by atoms with Crippen LogP contribution < -0.4 is 5.32 Å². The highest BCUT2D eigenvalue weighted by Gasteiger charge is 2.36. The Morgan fingerprint density at radius 2 is 1.80 bits per heavy atom. The largest absolute Gasteiger partial charge is 0.349 e. The lowest BCUT2D eigenvalue weighted by atomic mass is 9.69. The number of nitrogens with zero attached hydrogens (tertiary/aromatic N) is 3. The lowest BCUT2D eigenvalue weighted by Crippen LogP contribution is -2.34. The van der Waals surface area contributed by atoms with Crippen LogP contribution in [0.2, 0.25) is 0 Å². The Balaban J connectivity index is 1.34. The Kier molecular flexibility index (Phi) is 4.59. The predicted molar refractivity (Wildman–Crippen MR) is 97.1 cm³/mol. The number of carbonyl (C=O) groups excluding carboxylic acids is 1. The zero-order valence-electron chi connectivity index (χ0n) is 15.8. The second-order valence-corrected chi connectivity index (χ2v) is 9.13. The number of hydrogen-bond donors (Lipinski definition) is 1. The van der Waals surface area contributed by atoms with E-state index in [4.69, 9.17) is 0 Å². The van der Waals surface area contributed by atoms with Gasteiger partial charge in [0.25, 0.3) is 0 Å². The molecule has 0 atom stereocenters. The lowest BCUT2D eigenvalue weighted by Gasteiger charge is -2.36. The molecular formula is C20H32N4O. The molecule has 1 heterocycles. The first-order valence-electron chi connectivity index (χ1n) is 10.2. The van der Waals surface area contributed by atoms with Crippen molar-refractivity contribution in [2.75, 3.05) is 0 Å². The third-order valence-electron chi connectivity index (χ3n) is 6.42. The molecule has 4 rings (SSSR count). The maximum Gasteiger partial charge on any atom is 0.220 e. The smallest absolute Gasteiger partial charge is 0.220 e. The first kappa shape index (κ1) is 17.0. The fourth-order valence-corrected chi connectivity index (χ4v) is 4.49. The Morgan fingerprint density at radius 1 is 1.08 bits per heavy atom. The summed E-state index contributed by atoms with van der Waals surface area (Å²) in [6.45, 7) is 5.05. The molecule has 3 aliphatic rings. The molecule has 0 saturated heterocycles. The van der Waals surface area contributed by atoms with Gasteiger partial charge >= 0.3 is 0 Å². The zero-order chi connectivity index (χ0) is 17.4. The van der Waals surface area contributed by atoms with E-state index in [1.807, 2.05) is 0 Å². The summed E-state index contributed by atoms with van der Waals surface area (Å²) in [5.74, 6) is 3.57. The van der Waals surface area contributed by atoms with Crippen LogP contribution in [0.4, 0.5) is 0 Å². The molecule has 138 valence electrons.